The van der Waals surface area contributed by atoms with Gasteiger partial charge in [-0.2, -0.15) is 4.31 Å². The number of rotatable bonds is 4. The van der Waals surface area contributed by atoms with Gasteiger partial charge in [0.15, 0.2) is 0 Å². The highest BCUT2D eigenvalue weighted by Crippen LogP contribution is 2.29. The van der Waals surface area contributed by atoms with Crippen LogP contribution in [-0.4, -0.2) is 41.5 Å². The van der Waals surface area contributed by atoms with Crippen LogP contribution in [0, 0.1) is 0 Å². The highest BCUT2D eigenvalue weighted by Gasteiger charge is 2.39. The van der Waals surface area contributed by atoms with E-state index in [9.17, 15) is 13.2 Å². The highest BCUT2D eigenvalue weighted by atomic mass is 32.2. The standard InChI is InChI=1S/C16H16N2O4S2/c19-16(17-20)15-10-23-11-18(15)24(21,22)14-8-6-13(7-9-14)12-4-2-1-3-5-12/h1-9,15,20H,10-11H2,(H,17,19)/t15-/m0/s1. The third-order valence-electron chi connectivity index (χ3n) is 3.82. The number of benzene rings is 2. The molecule has 0 spiro atoms. The van der Waals surface area contributed by atoms with Crippen LogP contribution in [0.5, 0.6) is 0 Å². The Hall–Kier alpha value is -1.87. The van der Waals surface area contributed by atoms with Crippen molar-refractivity contribution >= 4 is 27.7 Å². The second-order valence-electron chi connectivity index (χ2n) is 5.27. The Kier molecular flexibility index (Phi) is 4.91. The van der Waals surface area contributed by atoms with E-state index in [1.165, 1.54) is 29.4 Å². The molecular weight excluding hydrogens is 348 g/mol. The summed E-state index contributed by atoms with van der Waals surface area (Å²) in [7, 11) is -3.80. The first kappa shape index (κ1) is 17.0. The molecule has 2 N–H and O–H groups in total. The molecule has 3 rings (SSSR count). The maximum atomic E-state index is 12.8. The molecule has 126 valence electrons. The fourth-order valence-electron chi connectivity index (χ4n) is 2.53. The van der Waals surface area contributed by atoms with E-state index in [-0.39, 0.29) is 10.8 Å². The number of amides is 1. The zero-order chi connectivity index (χ0) is 17.2. The predicted molar refractivity (Wildman–Crippen MR) is 91.9 cm³/mol. The fourth-order valence-corrected chi connectivity index (χ4v) is 5.68. The van der Waals surface area contributed by atoms with E-state index in [0.29, 0.717) is 5.75 Å². The molecule has 0 aliphatic carbocycles. The number of hydroxylamine groups is 1. The second kappa shape index (κ2) is 6.94. The molecule has 1 aliphatic rings. The minimum atomic E-state index is -3.80. The number of hydrogen-bond acceptors (Lipinski definition) is 5. The molecule has 0 bridgehead atoms. The van der Waals surface area contributed by atoms with Gasteiger partial charge in [-0.05, 0) is 23.3 Å². The van der Waals surface area contributed by atoms with Crippen molar-refractivity contribution in [2.45, 2.75) is 10.9 Å². The summed E-state index contributed by atoms with van der Waals surface area (Å²) in [6.45, 7) is 0. The molecule has 1 saturated heterocycles. The highest BCUT2D eigenvalue weighted by molar-refractivity contribution is 8.00. The van der Waals surface area contributed by atoms with E-state index in [1.54, 1.807) is 12.1 Å². The number of thioether (sulfide) groups is 1. The Morgan fingerprint density at radius 1 is 1.08 bits per heavy atom. The summed E-state index contributed by atoms with van der Waals surface area (Å²) in [6.07, 6.45) is 0. The first-order chi connectivity index (χ1) is 11.5. The number of nitrogens with one attached hydrogen (secondary N) is 1. The van der Waals surface area contributed by atoms with E-state index >= 15 is 0 Å². The maximum absolute atomic E-state index is 12.8. The molecule has 0 radical (unpaired) electrons. The summed E-state index contributed by atoms with van der Waals surface area (Å²) < 4.78 is 26.6. The Bertz CT molecular complexity index is 823. The first-order valence-corrected chi connectivity index (χ1v) is 9.82. The fraction of sp³-hybridized carbons (Fsp3) is 0.188. The Balaban J connectivity index is 1.89. The normalized spacial score (nSPS) is 18.5. The number of nitrogens with zero attached hydrogens (tertiary/aromatic N) is 1. The average Bonchev–Trinajstić information content (AvgIpc) is 3.12. The van der Waals surface area contributed by atoms with Gasteiger partial charge in [0.2, 0.25) is 10.0 Å². The van der Waals surface area contributed by atoms with Crippen molar-refractivity contribution in [2.75, 3.05) is 11.6 Å². The maximum Gasteiger partial charge on any atom is 0.262 e. The Morgan fingerprint density at radius 3 is 2.33 bits per heavy atom. The summed E-state index contributed by atoms with van der Waals surface area (Å²) in [6, 6.07) is 15.3. The van der Waals surface area contributed by atoms with Crippen LogP contribution in [0.25, 0.3) is 11.1 Å². The molecule has 2 aromatic carbocycles. The van der Waals surface area contributed by atoms with E-state index in [4.69, 9.17) is 5.21 Å². The first-order valence-electron chi connectivity index (χ1n) is 7.23. The van der Waals surface area contributed by atoms with Crippen LogP contribution in [0.1, 0.15) is 0 Å². The Labute approximate surface area is 144 Å². The molecule has 1 fully saturated rings. The minimum Gasteiger partial charge on any atom is -0.289 e. The van der Waals surface area contributed by atoms with Gasteiger partial charge in [-0.25, -0.2) is 13.9 Å². The molecular formula is C16H16N2O4S2. The molecule has 2 aromatic rings. The molecule has 8 heteroatoms. The van der Waals surface area contributed by atoms with E-state index in [2.05, 4.69) is 0 Å². The van der Waals surface area contributed by atoms with Gasteiger partial charge in [0.1, 0.15) is 6.04 Å². The third-order valence-corrected chi connectivity index (χ3v) is 6.87. The van der Waals surface area contributed by atoms with Crippen molar-refractivity contribution in [1.82, 2.24) is 9.79 Å². The van der Waals surface area contributed by atoms with Gasteiger partial charge >= 0.3 is 0 Å². The van der Waals surface area contributed by atoms with Gasteiger partial charge in [0, 0.05) is 5.75 Å². The van der Waals surface area contributed by atoms with Crippen LogP contribution < -0.4 is 5.48 Å². The lowest BCUT2D eigenvalue weighted by molar-refractivity contribution is -0.132. The SMILES string of the molecule is O=C(NO)[C@@H]1CSCN1S(=O)(=O)c1ccc(-c2ccccc2)cc1. The third kappa shape index (κ3) is 3.18. The summed E-state index contributed by atoms with van der Waals surface area (Å²) >= 11 is 1.33. The topological polar surface area (TPSA) is 86.7 Å². The van der Waals surface area contributed by atoms with E-state index in [0.717, 1.165) is 15.4 Å². The van der Waals surface area contributed by atoms with Gasteiger partial charge < -0.3 is 0 Å². The Morgan fingerprint density at radius 2 is 1.71 bits per heavy atom. The largest absolute Gasteiger partial charge is 0.289 e. The van der Waals surface area contributed by atoms with E-state index in [1.807, 2.05) is 30.3 Å². The molecule has 1 atom stereocenters. The van der Waals surface area contributed by atoms with Gasteiger partial charge in [-0.15, -0.1) is 11.8 Å². The molecule has 1 amide bonds. The zero-order valence-electron chi connectivity index (χ0n) is 12.6. The van der Waals surface area contributed by atoms with Gasteiger partial charge in [0.25, 0.3) is 5.91 Å². The lowest BCUT2D eigenvalue weighted by Gasteiger charge is -2.21. The summed E-state index contributed by atoms with van der Waals surface area (Å²) in [5.41, 5.74) is 3.44. The van der Waals surface area contributed by atoms with Crippen molar-refractivity contribution in [3.63, 3.8) is 0 Å². The summed E-state index contributed by atoms with van der Waals surface area (Å²) in [4.78, 5) is 11.8. The molecule has 0 aromatic heterocycles. The smallest absolute Gasteiger partial charge is 0.262 e. The average molecular weight is 364 g/mol. The lowest BCUT2D eigenvalue weighted by atomic mass is 10.1. The van der Waals surface area contributed by atoms with Gasteiger partial charge in [-0.1, -0.05) is 42.5 Å². The van der Waals surface area contributed by atoms with Crippen molar-refractivity contribution in [3.8, 4) is 11.1 Å². The van der Waals surface area contributed by atoms with Crippen LogP contribution in [0.4, 0.5) is 0 Å². The monoisotopic (exact) mass is 364 g/mol. The molecule has 1 heterocycles. The van der Waals surface area contributed by atoms with Crippen LogP contribution in [0.2, 0.25) is 0 Å². The van der Waals surface area contributed by atoms with Crippen LogP contribution >= 0.6 is 11.8 Å². The van der Waals surface area contributed by atoms with Crippen molar-refractivity contribution in [2.24, 2.45) is 0 Å². The number of carbonyl (C=O) groups excluding carboxylic acids is 1. The van der Waals surface area contributed by atoms with Crippen molar-refractivity contribution in [3.05, 3.63) is 54.6 Å². The number of carbonyl (C=O) groups is 1. The number of hydrogen-bond donors (Lipinski definition) is 2. The van der Waals surface area contributed by atoms with Crippen LogP contribution in [0.3, 0.4) is 0 Å². The van der Waals surface area contributed by atoms with Gasteiger partial charge in [-0.3, -0.25) is 10.0 Å². The summed E-state index contributed by atoms with van der Waals surface area (Å²) in [5.74, 6) is -0.223. The molecule has 24 heavy (non-hydrogen) atoms. The van der Waals surface area contributed by atoms with Crippen LogP contribution in [-0.2, 0) is 14.8 Å². The van der Waals surface area contributed by atoms with Gasteiger partial charge in [0.05, 0.1) is 10.8 Å². The predicted octanol–water partition coefficient (Wildman–Crippen LogP) is 1.92. The molecule has 1 aliphatic heterocycles. The zero-order valence-corrected chi connectivity index (χ0v) is 14.3. The quantitative estimate of drug-likeness (QED) is 0.639. The molecule has 0 saturated carbocycles. The van der Waals surface area contributed by atoms with E-state index < -0.39 is 22.0 Å². The van der Waals surface area contributed by atoms with Crippen molar-refractivity contribution in [1.29, 1.82) is 0 Å². The van der Waals surface area contributed by atoms with Crippen LogP contribution in [0.15, 0.2) is 59.5 Å². The lowest BCUT2D eigenvalue weighted by Crippen LogP contribution is -2.46. The number of sulfonamides is 1. The molecule has 0 unspecified atom stereocenters. The summed E-state index contributed by atoms with van der Waals surface area (Å²) in [5, 5.41) is 8.78. The second-order valence-corrected chi connectivity index (χ2v) is 8.16. The molecule has 6 nitrogen and oxygen atoms in total. The van der Waals surface area contributed by atoms with Crippen molar-refractivity contribution < 1.29 is 18.4 Å². The minimum absolute atomic E-state index is 0.125.